The Morgan fingerprint density at radius 1 is 1.18 bits per heavy atom. The van der Waals surface area contributed by atoms with Crippen molar-refractivity contribution in [3.63, 3.8) is 0 Å². The Labute approximate surface area is 193 Å². The zero-order valence-electron chi connectivity index (χ0n) is 18.9. The number of benzene rings is 1. The van der Waals surface area contributed by atoms with Crippen LogP contribution in [-0.2, 0) is 4.79 Å². The third kappa shape index (κ3) is 4.55. The molecular formula is C25H29N5O3. The molecule has 3 aromatic rings. The van der Waals surface area contributed by atoms with E-state index in [9.17, 15) is 4.79 Å². The summed E-state index contributed by atoms with van der Waals surface area (Å²) in [5, 5.41) is 7.30. The van der Waals surface area contributed by atoms with Gasteiger partial charge >= 0.3 is 0 Å². The summed E-state index contributed by atoms with van der Waals surface area (Å²) in [5.74, 6) is 2.99. The van der Waals surface area contributed by atoms with Crippen molar-refractivity contribution in [1.29, 1.82) is 0 Å². The van der Waals surface area contributed by atoms with Gasteiger partial charge in [0.2, 0.25) is 17.6 Å². The lowest BCUT2D eigenvalue weighted by Crippen LogP contribution is -2.41. The van der Waals surface area contributed by atoms with Crippen LogP contribution in [0.3, 0.4) is 0 Å². The number of hydrogen-bond acceptors (Lipinski definition) is 7. The molecule has 2 fully saturated rings. The van der Waals surface area contributed by atoms with Crippen molar-refractivity contribution < 1.29 is 14.1 Å². The largest absolute Gasteiger partial charge is 0.492 e. The average Bonchev–Trinajstić information content (AvgIpc) is 3.29. The van der Waals surface area contributed by atoms with Crippen LogP contribution in [0.4, 0.5) is 11.5 Å². The minimum Gasteiger partial charge on any atom is -0.492 e. The van der Waals surface area contributed by atoms with Crippen LogP contribution in [0.1, 0.15) is 50.8 Å². The Morgan fingerprint density at radius 2 is 2.06 bits per heavy atom. The normalized spacial score (nSPS) is 18.6. The molecule has 8 nitrogen and oxygen atoms in total. The van der Waals surface area contributed by atoms with Crippen molar-refractivity contribution >= 4 is 17.4 Å². The molecule has 8 heteroatoms. The number of rotatable bonds is 7. The molecule has 0 bridgehead atoms. The number of piperidine rings is 1. The number of amides is 1. The number of hydrogen-bond donors (Lipinski definition) is 1. The first-order chi connectivity index (χ1) is 16.2. The SMILES string of the molecule is CCOc1ccccc1NC(=O)[C@@H]1CCCN(c2ncccc2-c2noc(C3CCC3)n2)C1. The molecule has 1 saturated carbocycles. The van der Waals surface area contributed by atoms with E-state index >= 15 is 0 Å². The van der Waals surface area contributed by atoms with Crippen molar-refractivity contribution in [2.24, 2.45) is 5.92 Å². The standard InChI is InChI=1S/C25H29N5O3/c1-2-32-21-13-4-3-12-20(21)27-24(31)18-10-7-15-30(16-18)23-19(11-6-14-26-23)22-28-25(33-29-22)17-8-5-9-17/h3-4,6,11-14,17-18H,2,5,7-10,15-16H2,1H3,(H,27,31)/t18-/m1/s1. The summed E-state index contributed by atoms with van der Waals surface area (Å²) < 4.78 is 11.2. The lowest BCUT2D eigenvalue weighted by Gasteiger charge is -2.33. The highest BCUT2D eigenvalue weighted by Gasteiger charge is 2.30. The predicted molar refractivity (Wildman–Crippen MR) is 125 cm³/mol. The van der Waals surface area contributed by atoms with Gasteiger partial charge in [-0.2, -0.15) is 4.98 Å². The van der Waals surface area contributed by atoms with E-state index in [1.807, 2.05) is 43.3 Å². The minimum atomic E-state index is -0.154. The second-order valence-corrected chi connectivity index (χ2v) is 8.66. The maximum absolute atomic E-state index is 13.1. The highest BCUT2D eigenvalue weighted by molar-refractivity contribution is 5.94. The van der Waals surface area contributed by atoms with Crippen molar-refractivity contribution in [2.75, 3.05) is 29.9 Å². The molecule has 0 spiro atoms. The van der Waals surface area contributed by atoms with E-state index in [1.54, 1.807) is 6.20 Å². The molecule has 3 heterocycles. The van der Waals surface area contributed by atoms with E-state index in [2.05, 4.69) is 25.3 Å². The predicted octanol–water partition coefficient (Wildman–Crippen LogP) is 4.65. The Morgan fingerprint density at radius 3 is 2.88 bits per heavy atom. The van der Waals surface area contributed by atoms with Crippen molar-refractivity contribution in [2.45, 2.75) is 44.9 Å². The average molecular weight is 448 g/mol. The van der Waals surface area contributed by atoms with Gasteiger partial charge in [-0.05, 0) is 56.9 Å². The number of aromatic nitrogens is 3. The smallest absolute Gasteiger partial charge is 0.230 e. The summed E-state index contributed by atoms with van der Waals surface area (Å²) >= 11 is 0. The number of nitrogens with one attached hydrogen (secondary N) is 1. The summed E-state index contributed by atoms with van der Waals surface area (Å²) in [6.45, 7) is 3.89. The van der Waals surface area contributed by atoms with E-state index in [0.29, 0.717) is 36.3 Å². The number of nitrogens with zero attached hydrogens (tertiary/aromatic N) is 4. The van der Waals surface area contributed by atoms with E-state index in [4.69, 9.17) is 9.26 Å². The first kappa shape index (κ1) is 21.4. The maximum atomic E-state index is 13.1. The summed E-state index contributed by atoms with van der Waals surface area (Å²) in [5.41, 5.74) is 1.55. The first-order valence-corrected chi connectivity index (χ1v) is 11.8. The topological polar surface area (TPSA) is 93.4 Å². The molecule has 33 heavy (non-hydrogen) atoms. The van der Waals surface area contributed by atoms with Crippen LogP contribution in [0.25, 0.3) is 11.4 Å². The van der Waals surface area contributed by atoms with Gasteiger partial charge < -0.3 is 19.5 Å². The van der Waals surface area contributed by atoms with Gasteiger partial charge in [0.15, 0.2) is 0 Å². The molecular weight excluding hydrogens is 418 g/mol. The number of anilines is 2. The second kappa shape index (κ2) is 9.60. The molecule has 1 aromatic carbocycles. The third-order valence-electron chi connectivity index (χ3n) is 6.46. The van der Waals surface area contributed by atoms with Crippen molar-refractivity contribution in [3.05, 3.63) is 48.5 Å². The quantitative estimate of drug-likeness (QED) is 0.563. The summed E-state index contributed by atoms with van der Waals surface area (Å²) in [6.07, 6.45) is 6.93. The molecule has 2 aromatic heterocycles. The molecule has 1 aliphatic carbocycles. The van der Waals surface area contributed by atoms with Gasteiger partial charge in [0.1, 0.15) is 11.6 Å². The molecule has 1 amide bonds. The second-order valence-electron chi connectivity index (χ2n) is 8.66. The van der Waals surface area contributed by atoms with Crippen molar-refractivity contribution in [1.82, 2.24) is 15.1 Å². The molecule has 1 aliphatic heterocycles. The highest BCUT2D eigenvalue weighted by Crippen LogP contribution is 2.37. The number of carbonyl (C=O) groups excluding carboxylic acids is 1. The number of ether oxygens (including phenoxy) is 1. The van der Waals surface area contributed by atoms with E-state index in [0.717, 1.165) is 49.5 Å². The molecule has 1 saturated heterocycles. The Bertz CT molecular complexity index is 1110. The number of para-hydroxylation sites is 2. The van der Waals surface area contributed by atoms with E-state index in [1.165, 1.54) is 6.42 Å². The minimum absolute atomic E-state index is 0.00355. The fourth-order valence-corrected chi connectivity index (χ4v) is 4.46. The third-order valence-corrected chi connectivity index (χ3v) is 6.46. The highest BCUT2D eigenvalue weighted by atomic mass is 16.5. The summed E-state index contributed by atoms with van der Waals surface area (Å²) in [7, 11) is 0. The monoisotopic (exact) mass is 447 g/mol. The zero-order valence-corrected chi connectivity index (χ0v) is 18.9. The molecule has 5 rings (SSSR count). The van der Waals surface area contributed by atoms with Gasteiger partial charge in [0.05, 0.1) is 23.8 Å². The lowest BCUT2D eigenvalue weighted by atomic mass is 9.85. The van der Waals surface area contributed by atoms with Crippen molar-refractivity contribution in [3.8, 4) is 17.1 Å². The molecule has 0 radical (unpaired) electrons. The number of pyridine rings is 1. The van der Waals surface area contributed by atoms with Gasteiger partial charge in [0, 0.05) is 25.2 Å². The molecule has 1 atom stereocenters. The lowest BCUT2D eigenvalue weighted by molar-refractivity contribution is -0.120. The molecule has 2 aliphatic rings. The number of carbonyl (C=O) groups is 1. The maximum Gasteiger partial charge on any atom is 0.230 e. The van der Waals surface area contributed by atoms with Crippen LogP contribution in [0, 0.1) is 5.92 Å². The Kier molecular flexibility index (Phi) is 6.24. The molecule has 0 unspecified atom stereocenters. The van der Waals surface area contributed by atoms with Crippen LogP contribution in [-0.4, -0.2) is 40.7 Å². The van der Waals surface area contributed by atoms with Gasteiger partial charge in [-0.3, -0.25) is 4.79 Å². The van der Waals surface area contributed by atoms with Crippen LogP contribution in [0.2, 0.25) is 0 Å². The Hall–Kier alpha value is -3.42. The van der Waals surface area contributed by atoms with Gasteiger partial charge in [-0.15, -0.1) is 0 Å². The molecule has 172 valence electrons. The first-order valence-electron chi connectivity index (χ1n) is 11.8. The zero-order chi connectivity index (χ0) is 22.6. The van der Waals surface area contributed by atoms with Gasteiger partial charge in [0.25, 0.3) is 0 Å². The van der Waals surface area contributed by atoms with Gasteiger partial charge in [-0.25, -0.2) is 4.98 Å². The fraction of sp³-hybridized carbons (Fsp3) is 0.440. The van der Waals surface area contributed by atoms with E-state index in [-0.39, 0.29) is 11.8 Å². The van der Waals surface area contributed by atoms with E-state index < -0.39 is 0 Å². The Balaban J connectivity index is 1.32. The van der Waals surface area contributed by atoms with Crippen LogP contribution >= 0.6 is 0 Å². The molecule has 1 N–H and O–H groups in total. The fourth-order valence-electron chi connectivity index (χ4n) is 4.46. The van der Waals surface area contributed by atoms with Crippen LogP contribution in [0.15, 0.2) is 47.1 Å². The van der Waals surface area contributed by atoms with Crippen LogP contribution in [0.5, 0.6) is 5.75 Å². The van der Waals surface area contributed by atoms with Crippen LogP contribution < -0.4 is 15.0 Å². The van der Waals surface area contributed by atoms with Gasteiger partial charge in [-0.1, -0.05) is 23.7 Å². The summed E-state index contributed by atoms with van der Waals surface area (Å²) in [6, 6.07) is 11.4. The summed E-state index contributed by atoms with van der Waals surface area (Å²) in [4.78, 5) is 24.6.